The van der Waals surface area contributed by atoms with Gasteiger partial charge >= 0.3 is 5.97 Å². The van der Waals surface area contributed by atoms with Crippen molar-refractivity contribution in [1.82, 2.24) is 4.98 Å². The van der Waals surface area contributed by atoms with Crippen LogP contribution >= 0.6 is 0 Å². The third kappa shape index (κ3) is 1.65. The summed E-state index contributed by atoms with van der Waals surface area (Å²) in [5, 5.41) is 1.08. The van der Waals surface area contributed by atoms with Gasteiger partial charge in [0.05, 0.1) is 12.6 Å². The number of carbonyl (C=O) groups is 1. The summed E-state index contributed by atoms with van der Waals surface area (Å²) in [4.78, 5) is 15.8. The third-order valence-corrected chi connectivity index (χ3v) is 2.64. The Hall–Kier alpha value is -1.90. The van der Waals surface area contributed by atoms with Gasteiger partial charge in [0.2, 0.25) is 0 Å². The molecule has 2 rings (SSSR count). The van der Waals surface area contributed by atoms with Crippen LogP contribution in [-0.4, -0.2) is 18.1 Å². The summed E-state index contributed by atoms with van der Waals surface area (Å²) in [5.41, 5.74) is 3.32. The smallest absolute Gasteiger partial charge is 0.356 e. The number of hydrogen-bond donors (Lipinski definition) is 0. The molecule has 1 aromatic heterocycles. The maximum atomic E-state index is 11.4. The Morgan fingerprint density at radius 3 is 2.69 bits per heavy atom. The van der Waals surface area contributed by atoms with Crippen LogP contribution in [0.4, 0.5) is 0 Å². The van der Waals surface area contributed by atoms with Crippen LogP contribution in [0, 0.1) is 13.8 Å². The van der Waals surface area contributed by atoms with Gasteiger partial charge in [0.1, 0.15) is 5.69 Å². The fourth-order valence-corrected chi connectivity index (χ4v) is 1.77. The number of nitrogens with zero attached hydrogens (tertiary/aromatic N) is 1. The van der Waals surface area contributed by atoms with Crippen molar-refractivity contribution in [2.75, 3.05) is 7.11 Å². The van der Waals surface area contributed by atoms with E-state index < -0.39 is 5.97 Å². The predicted octanol–water partition coefficient (Wildman–Crippen LogP) is 2.64. The van der Waals surface area contributed by atoms with Gasteiger partial charge in [-0.25, -0.2) is 9.78 Å². The largest absolute Gasteiger partial charge is 0.464 e. The van der Waals surface area contributed by atoms with Gasteiger partial charge < -0.3 is 4.74 Å². The van der Waals surface area contributed by atoms with E-state index in [-0.39, 0.29) is 0 Å². The molecule has 0 aliphatic rings. The maximum absolute atomic E-state index is 11.4. The molecule has 1 heterocycles. The van der Waals surface area contributed by atoms with Crippen molar-refractivity contribution in [3.63, 3.8) is 0 Å². The van der Waals surface area contributed by atoms with Gasteiger partial charge in [-0.05, 0) is 31.0 Å². The first kappa shape index (κ1) is 10.6. The van der Waals surface area contributed by atoms with Gasteiger partial charge in [0.25, 0.3) is 0 Å². The van der Waals surface area contributed by atoms with Gasteiger partial charge in [-0.15, -0.1) is 0 Å². The Labute approximate surface area is 94.1 Å². The van der Waals surface area contributed by atoms with Crippen molar-refractivity contribution in [1.29, 1.82) is 0 Å². The molecule has 3 heteroatoms. The molecule has 3 nitrogen and oxygen atoms in total. The van der Waals surface area contributed by atoms with Crippen LogP contribution in [0.25, 0.3) is 10.9 Å². The second-order valence-electron chi connectivity index (χ2n) is 3.79. The molecule has 0 unspecified atom stereocenters. The number of benzene rings is 1. The lowest BCUT2D eigenvalue weighted by Crippen LogP contribution is -2.05. The summed E-state index contributed by atoms with van der Waals surface area (Å²) in [6, 6.07) is 7.74. The summed E-state index contributed by atoms with van der Waals surface area (Å²) < 4.78 is 4.68. The van der Waals surface area contributed by atoms with E-state index in [2.05, 4.69) is 9.72 Å². The normalized spacial score (nSPS) is 10.4. The Morgan fingerprint density at radius 1 is 1.25 bits per heavy atom. The van der Waals surface area contributed by atoms with Crippen molar-refractivity contribution < 1.29 is 9.53 Å². The highest BCUT2D eigenvalue weighted by atomic mass is 16.5. The number of methoxy groups -OCH3 is 1. The van der Waals surface area contributed by atoms with Crippen LogP contribution in [0.2, 0.25) is 0 Å². The Balaban J connectivity index is 2.75. The molecule has 1 aromatic carbocycles. The third-order valence-electron chi connectivity index (χ3n) is 2.64. The highest BCUT2D eigenvalue weighted by Gasteiger charge is 2.11. The summed E-state index contributed by atoms with van der Waals surface area (Å²) in [6.07, 6.45) is 0. The maximum Gasteiger partial charge on any atom is 0.356 e. The number of carbonyl (C=O) groups excluding carboxylic acids is 1. The van der Waals surface area contributed by atoms with Crippen molar-refractivity contribution in [3.8, 4) is 0 Å². The summed E-state index contributed by atoms with van der Waals surface area (Å²) in [6.45, 7) is 3.95. The number of pyridine rings is 1. The highest BCUT2D eigenvalue weighted by Crippen LogP contribution is 2.20. The minimum Gasteiger partial charge on any atom is -0.464 e. The molecule has 0 bridgehead atoms. The van der Waals surface area contributed by atoms with Crippen LogP contribution in [-0.2, 0) is 4.74 Å². The molecule has 0 saturated heterocycles. The summed E-state index contributed by atoms with van der Waals surface area (Å²) >= 11 is 0. The number of aryl methyl sites for hydroxylation is 2. The zero-order valence-electron chi connectivity index (χ0n) is 9.57. The van der Waals surface area contributed by atoms with Gasteiger partial charge in [0.15, 0.2) is 0 Å². The quantitative estimate of drug-likeness (QED) is 0.686. The molecule has 2 aromatic rings. The Morgan fingerprint density at radius 2 is 2.00 bits per heavy atom. The molecule has 0 fully saturated rings. The van der Waals surface area contributed by atoms with E-state index in [9.17, 15) is 4.79 Å². The lowest BCUT2D eigenvalue weighted by molar-refractivity contribution is 0.0594. The molecule has 0 aliphatic carbocycles. The number of rotatable bonds is 1. The van der Waals surface area contributed by atoms with Crippen LogP contribution < -0.4 is 0 Å². The number of hydrogen-bond acceptors (Lipinski definition) is 3. The molecule has 82 valence electrons. The fraction of sp³-hybridized carbons (Fsp3) is 0.231. The van der Waals surface area contributed by atoms with Crippen LogP contribution in [0.3, 0.4) is 0 Å². The lowest BCUT2D eigenvalue weighted by atomic mass is 10.1. The Kier molecular flexibility index (Phi) is 2.60. The monoisotopic (exact) mass is 215 g/mol. The lowest BCUT2D eigenvalue weighted by Gasteiger charge is -2.06. The molecule has 0 radical (unpaired) electrons. The van der Waals surface area contributed by atoms with Crippen molar-refractivity contribution >= 4 is 16.9 Å². The minimum atomic E-state index is -0.395. The predicted molar refractivity (Wildman–Crippen MR) is 62.6 cm³/mol. The number of fused-ring (bicyclic) bond motifs is 1. The molecule has 0 aliphatic heterocycles. The van der Waals surface area contributed by atoms with Crippen molar-refractivity contribution in [2.45, 2.75) is 13.8 Å². The van der Waals surface area contributed by atoms with E-state index in [1.165, 1.54) is 7.11 Å². The zero-order chi connectivity index (χ0) is 11.7. The van der Waals surface area contributed by atoms with Crippen LogP contribution in [0.1, 0.15) is 21.6 Å². The molecule has 0 amide bonds. The van der Waals surface area contributed by atoms with E-state index >= 15 is 0 Å². The second-order valence-corrected chi connectivity index (χ2v) is 3.79. The van der Waals surface area contributed by atoms with E-state index in [0.717, 1.165) is 22.0 Å². The number of para-hydroxylation sites is 1. The molecule has 16 heavy (non-hydrogen) atoms. The summed E-state index contributed by atoms with van der Waals surface area (Å²) in [7, 11) is 1.36. The van der Waals surface area contributed by atoms with E-state index in [1.54, 1.807) is 6.07 Å². The molecular weight excluding hydrogens is 202 g/mol. The number of ether oxygens (including phenoxy) is 1. The Bertz CT molecular complexity index is 561. The average Bonchev–Trinajstić information content (AvgIpc) is 2.29. The first-order chi connectivity index (χ1) is 7.63. The minimum absolute atomic E-state index is 0.363. The van der Waals surface area contributed by atoms with Crippen molar-refractivity contribution in [3.05, 3.63) is 41.1 Å². The van der Waals surface area contributed by atoms with Gasteiger partial charge in [-0.3, -0.25) is 0 Å². The number of esters is 1. The molecule has 0 saturated carbocycles. The van der Waals surface area contributed by atoms with Gasteiger partial charge in [-0.1, -0.05) is 18.2 Å². The van der Waals surface area contributed by atoms with E-state index in [0.29, 0.717) is 5.69 Å². The first-order valence-electron chi connectivity index (χ1n) is 5.09. The van der Waals surface area contributed by atoms with Gasteiger partial charge in [-0.2, -0.15) is 0 Å². The SMILES string of the molecule is COC(=O)c1cc(C)c2cccc(C)c2n1. The number of aromatic nitrogens is 1. The second kappa shape index (κ2) is 3.93. The topological polar surface area (TPSA) is 39.2 Å². The van der Waals surface area contributed by atoms with Crippen LogP contribution in [0.15, 0.2) is 24.3 Å². The molecule has 0 atom stereocenters. The highest BCUT2D eigenvalue weighted by molar-refractivity contribution is 5.93. The molecular formula is C13H13NO2. The standard InChI is InChI=1S/C13H13NO2/c1-8-5-4-6-10-9(2)7-11(13(15)16-3)14-12(8)10/h4-7H,1-3H3. The first-order valence-corrected chi connectivity index (χ1v) is 5.09. The van der Waals surface area contributed by atoms with Crippen LogP contribution in [0.5, 0.6) is 0 Å². The van der Waals surface area contributed by atoms with Gasteiger partial charge in [0, 0.05) is 5.39 Å². The molecule has 0 spiro atoms. The van der Waals surface area contributed by atoms with Crippen molar-refractivity contribution in [2.24, 2.45) is 0 Å². The average molecular weight is 215 g/mol. The van der Waals surface area contributed by atoms with E-state index in [1.807, 2.05) is 32.0 Å². The fourth-order valence-electron chi connectivity index (χ4n) is 1.77. The van der Waals surface area contributed by atoms with E-state index in [4.69, 9.17) is 0 Å². The summed E-state index contributed by atoms with van der Waals surface area (Å²) in [5.74, 6) is -0.395. The molecule has 0 N–H and O–H groups in total. The zero-order valence-corrected chi connectivity index (χ0v) is 9.57.